The Morgan fingerprint density at radius 2 is 1.85 bits per heavy atom. The zero-order valence-electron chi connectivity index (χ0n) is 12.0. The Morgan fingerprint density at radius 3 is 2.50 bits per heavy atom. The van der Waals surface area contributed by atoms with E-state index in [-0.39, 0.29) is 0 Å². The maximum Gasteiger partial charge on any atom is 0.0366 e. The summed E-state index contributed by atoms with van der Waals surface area (Å²) in [6.07, 6.45) is 1.22. The first-order valence-corrected chi connectivity index (χ1v) is 7.43. The molecule has 0 aliphatic heterocycles. The number of rotatable bonds is 5. The molecule has 2 aromatic carbocycles. The molecule has 104 valence electrons. The summed E-state index contributed by atoms with van der Waals surface area (Å²) in [6.45, 7) is 4.99. The Bertz CT molecular complexity index is 574. The number of nitrogens with zero attached hydrogens (tertiary/aromatic N) is 1. The van der Waals surface area contributed by atoms with Crippen LogP contribution in [0.25, 0.3) is 0 Å². The quantitative estimate of drug-likeness (QED) is 0.899. The first-order valence-electron chi connectivity index (χ1n) is 7.43. The molecule has 0 radical (unpaired) electrons. The Balaban J connectivity index is 1.72. The molecule has 0 spiro atoms. The molecule has 0 fully saturated rings. The largest absolute Gasteiger partial charge is 0.371 e. The highest BCUT2D eigenvalue weighted by Crippen LogP contribution is 2.36. The van der Waals surface area contributed by atoms with Crippen LogP contribution in [0.1, 0.15) is 29.5 Å². The normalized spacial score (nSPS) is 16.4. The SMILES string of the molecule is CCN(CC1Cc2ccccc21)c1ccc(CN)cc1. The second-order valence-corrected chi connectivity index (χ2v) is 5.51. The smallest absolute Gasteiger partial charge is 0.0366 e. The van der Waals surface area contributed by atoms with Gasteiger partial charge in [0.25, 0.3) is 0 Å². The van der Waals surface area contributed by atoms with Gasteiger partial charge in [-0.1, -0.05) is 36.4 Å². The second kappa shape index (κ2) is 5.68. The highest BCUT2D eigenvalue weighted by Gasteiger charge is 2.26. The minimum absolute atomic E-state index is 0.613. The molecule has 2 nitrogen and oxygen atoms in total. The predicted octanol–water partition coefficient (Wildman–Crippen LogP) is 3.31. The van der Waals surface area contributed by atoms with Crippen LogP contribution in [-0.2, 0) is 13.0 Å². The van der Waals surface area contributed by atoms with E-state index in [2.05, 4.69) is 60.4 Å². The molecule has 20 heavy (non-hydrogen) atoms. The topological polar surface area (TPSA) is 29.3 Å². The van der Waals surface area contributed by atoms with Gasteiger partial charge in [0, 0.05) is 31.2 Å². The number of likely N-dealkylation sites (N-methyl/N-ethyl adjacent to an activating group) is 1. The molecule has 0 aromatic heterocycles. The Morgan fingerprint density at radius 1 is 1.10 bits per heavy atom. The van der Waals surface area contributed by atoms with Crippen molar-refractivity contribution in [1.82, 2.24) is 0 Å². The number of hydrogen-bond acceptors (Lipinski definition) is 2. The van der Waals surface area contributed by atoms with E-state index in [4.69, 9.17) is 5.73 Å². The second-order valence-electron chi connectivity index (χ2n) is 5.51. The van der Waals surface area contributed by atoms with Gasteiger partial charge in [-0.25, -0.2) is 0 Å². The number of fused-ring (bicyclic) bond motifs is 1. The van der Waals surface area contributed by atoms with Crippen LogP contribution in [0, 0.1) is 0 Å². The van der Waals surface area contributed by atoms with E-state index >= 15 is 0 Å². The average Bonchev–Trinajstić information content (AvgIpc) is 2.49. The highest BCUT2D eigenvalue weighted by molar-refractivity contribution is 5.50. The third kappa shape index (κ3) is 2.44. The van der Waals surface area contributed by atoms with Crippen LogP contribution in [0.4, 0.5) is 5.69 Å². The van der Waals surface area contributed by atoms with Gasteiger partial charge in [0.05, 0.1) is 0 Å². The molecule has 0 heterocycles. The fourth-order valence-electron chi connectivity index (χ4n) is 3.05. The predicted molar refractivity (Wildman–Crippen MR) is 85.1 cm³/mol. The van der Waals surface area contributed by atoms with E-state index in [9.17, 15) is 0 Å². The standard InChI is InChI=1S/C18H22N2/c1-2-20(17-9-7-14(12-19)8-10-17)13-16-11-15-5-3-4-6-18(15)16/h3-10,16H,2,11-13,19H2,1H3. The maximum absolute atomic E-state index is 5.66. The van der Waals surface area contributed by atoms with Gasteiger partial charge >= 0.3 is 0 Å². The van der Waals surface area contributed by atoms with Crippen LogP contribution in [0.15, 0.2) is 48.5 Å². The molecule has 1 atom stereocenters. The van der Waals surface area contributed by atoms with Gasteiger partial charge in [0.1, 0.15) is 0 Å². The summed E-state index contributed by atoms with van der Waals surface area (Å²) in [5.41, 5.74) is 11.2. The molecule has 0 saturated carbocycles. The number of hydrogen-bond donors (Lipinski definition) is 1. The minimum Gasteiger partial charge on any atom is -0.371 e. The van der Waals surface area contributed by atoms with Crippen molar-refractivity contribution in [3.05, 3.63) is 65.2 Å². The van der Waals surface area contributed by atoms with E-state index in [0.717, 1.165) is 13.1 Å². The third-order valence-corrected chi connectivity index (χ3v) is 4.32. The maximum atomic E-state index is 5.66. The molecule has 1 aliphatic carbocycles. The van der Waals surface area contributed by atoms with Crippen molar-refractivity contribution in [2.24, 2.45) is 5.73 Å². The third-order valence-electron chi connectivity index (χ3n) is 4.32. The molecule has 1 aliphatic rings. The van der Waals surface area contributed by atoms with Crippen molar-refractivity contribution in [2.75, 3.05) is 18.0 Å². The molecule has 2 N–H and O–H groups in total. The molecule has 1 unspecified atom stereocenters. The van der Waals surface area contributed by atoms with Gasteiger partial charge in [0.2, 0.25) is 0 Å². The van der Waals surface area contributed by atoms with Crippen LogP contribution in [0.2, 0.25) is 0 Å². The van der Waals surface area contributed by atoms with Gasteiger partial charge in [0.15, 0.2) is 0 Å². The van der Waals surface area contributed by atoms with E-state index < -0.39 is 0 Å². The summed E-state index contributed by atoms with van der Waals surface area (Å²) >= 11 is 0. The molecule has 0 saturated heterocycles. The first kappa shape index (κ1) is 13.2. The van der Waals surface area contributed by atoms with Gasteiger partial charge < -0.3 is 10.6 Å². The summed E-state index contributed by atoms with van der Waals surface area (Å²) in [6, 6.07) is 17.5. The van der Waals surface area contributed by atoms with Gasteiger partial charge in [-0.3, -0.25) is 0 Å². The summed E-state index contributed by atoms with van der Waals surface area (Å²) < 4.78 is 0. The molecular formula is C18H22N2. The van der Waals surface area contributed by atoms with Gasteiger partial charge in [-0.15, -0.1) is 0 Å². The summed E-state index contributed by atoms with van der Waals surface area (Å²) in [4.78, 5) is 2.46. The Labute approximate surface area is 121 Å². The summed E-state index contributed by atoms with van der Waals surface area (Å²) in [5.74, 6) is 0.681. The van der Waals surface area contributed by atoms with E-state index in [1.165, 1.54) is 28.8 Å². The fourth-order valence-corrected chi connectivity index (χ4v) is 3.05. The molecule has 2 heteroatoms. The van der Waals surface area contributed by atoms with Crippen LogP contribution in [-0.4, -0.2) is 13.1 Å². The molecular weight excluding hydrogens is 244 g/mol. The van der Waals surface area contributed by atoms with Crippen molar-refractivity contribution in [3.8, 4) is 0 Å². The Hall–Kier alpha value is -1.80. The van der Waals surface area contributed by atoms with Crippen molar-refractivity contribution in [1.29, 1.82) is 0 Å². The van der Waals surface area contributed by atoms with Crippen molar-refractivity contribution < 1.29 is 0 Å². The molecule has 3 rings (SSSR count). The monoisotopic (exact) mass is 266 g/mol. The fraction of sp³-hybridized carbons (Fsp3) is 0.333. The zero-order chi connectivity index (χ0) is 13.9. The molecule has 0 bridgehead atoms. The zero-order valence-corrected chi connectivity index (χ0v) is 12.0. The minimum atomic E-state index is 0.613. The van der Waals surface area contributed by atoms with E-state index in [1.807, 2.05) is 0 Å². The lowest BCUT2D eigenvalue weighted by atomic mass is 9.77. The van der Waals surface area contributed by atoms with Gasteiger partial charge in [-0.05, 0) is 42.2 Å². The van der Waals surface area contributed by atoms with Gasteiger partial charge in [-0.2, -0.15) is 0 Å². The lowest BCUT2D eigenvalue weighted by molar-refractivity contribution is 0.587. The first-order chi connectivity index (χ1) is 9.81. The van der Waals surface area contributed by atoms with Crippen LogP contribution >= 0.6 is 0 Å². The Kier molecular flexibility index (Phi) is 3.75. The van der Waals surface area contributed by atoms with Crippen molar-refractivity contribution in [3.63, 3.8) is 0 Å². The van der Waals surface area contributed by atoms with Crippen LogP contribution < -0.4 is 10.6 Å². The molecule has 2 aromatic rings. The lowest BCUT2D eigenvalue weighted by Crippen LogP contribution is -2.33. The summed E-state index contributed by atoms with van der Waals surface area (Å²) in [5, 5.41) is 0. The average molecular weight is 266 g/mol. The lowest BCUT2D eigenvalue weighted by Gasteiger charge is -2.35. The summed E-state index contributed by atoms with van der Waals surface area (Å²) in [7, 11) is 0. The van der Waals surface area contributed by atoms with Crippen LogP contribution in [0.3, 0.4) is 0 Å². The molecule has 0 amide bonds. The number of nitrogens with two attached hydrogens (primary N) is 1. The highest BCUT2D eigenvalue weighted by atomic mass is 15.1. The van der Waals surface area contributed by atoms with Crippen molar-refractivity contribution in [2.45, 2.75) is 25.8 Å². The van der Waals surface area contributed by atoms with Crippen LogP contribution in [0.5, 0.6) is 0 Å². The van der Waals surface area contributed by atoms with Crippen molar-refractivity contribution >= 4 is 5.69 Å². The number of benzene rings is 2. The number of anilines is 1. The van der Waals surface area contributed by atoms with E-state index in [0.29, 0.717) is 12.5 Å². The van der Waals surface area contributed by atoms with E-state index in [1.54, 1.807) is 0 Å².